The Bertz CT molecular complexity index is 830. The maximum atomic E-state index is 12.3. The average molecular weight is 287 g/mol. The predicted molar refractivity (Wildman–Crippen MR) is 74.1 cm³/mol. The van der Waals surface area contributed by atoms with Gasteiger partial charge in [0.1, 0.15) is 23.5 Å². The lowest BCUT2D eigenvalue weighted by Gasteiger charge is -2.03. The minimum Gasteiger partial charge on any atom is -0.467 e. The number of fused-ring (bicyclic) bond motifs is 1. The second-order valence-corrected chi connectivity index (χ2v) is 4.40. The van der Waals surface area contributed by atoms with E-state index in [0.717, 1.165) is 5.76 Å². The van der Waals surface area contributed by atoms with Gasteiger partial charge in [-0.25, -0.2) is 9.48 Å². The molecule has 7 nitrogen and oxygen atoms in total. The number of esters is 1. The first kappa shape index (κ1) is 13.2. The summed E-state index contributed by atoms with van der Waals surface area (Å²) in [6.45, 7) is 2.30. The molecule has 1 N–H and O–H groups in total. The maximum absolute atomic E-state index is 12.3. The fourth-order valence-corrected chi connectivity index (χ4v) is 2.09. The monoisotopic (exact) mass is 287 g/mol. The van der Waals surface area contributed by atoms with E-state index in [4.69, 9.17) is 9.15 Å². The molecule has 0 saturated heterocycles. The van der Waals surface area contributed by atoms with E-state index in [1.165, 1.54) is 12.4 Å². The second kappa shape index (κ2) is 5.28. The molecule has 0 unspecified atom stereocenters. The summed E-state index contributed by atoms with van der Waals surface area (Å²) in [6, 6.07) is 3.60. The average Bonchev–Trinajstić information content (AvgIpc) is 3.10. The van der Waals surface area contributed by atoms with Crippen LogP contribution in [0.25, 0.3) is 11.0 Å². The van der Waals surface area contributed by atoms with Crippen LogP contribution in [-0.4, -0.2) is 27.3 Å². The molecule has 0 spiro atoms. The van der Waals surface area contributed by atoms with Gasteiger partial charge in [-0.1, -0.05) is 0 Å². The van der Waals surface area contributed by atoms with Crippen molar-refractivity contribution in [3.05, 3.63) is 52.3 Å². The molecule has 0 aromatic carbocycles. The van der Waals surface area contributed by atoms with Crippen molar-refractivity contribution in [2.45, 2.75) is 13.5 Å². The molecule has 0 radical (unpaired) electrons. The first-order valence-electron chi connectivity index (χ1n) is 6.47. The zero-order chi connectivity index (χ0) is 14.8. The van der Waals surface area contributed by atoms with Gasteiger partial charge in [-0.2, -0.15) is 5.10 Å². The number of hydrogen-bond acceptors (Lipinski definition) is 5. The zero-order valence-corrected chi connectivity index (χ0v) is 11.3. The molecule has 0 bridgehead atoms. The topological polar surface area (TPSA) is 90.1 Å². The molecule has 0 aliphatic rings. The highest BCUT2D eigenvalue weighted by molar-refractivity contribution is 5.92. The molecular formula is C14H13N3O4. The number of hydrogen-bond donors (Lipinski definition) is 1. The third-order valence-corrected chi connectivity index (χ3v) is 3.06. The van der Waals surface area contributed by atoms with Crippen molar-refractivity contribution in [1.82, 2.24) is 14.8 Å². The number of aromatic nitrogens is 3. The Balaban J connectivity index is 2.02. The van der Waals surface area contributed by atoms with Crippen molar-refractivity contribution < 1.29 is 13.9 Å². The quantitative estimate of drug-likeness (QED) is 0.735. The van der Waals surface area contributed by atoms with E-state index in [0.29, 0.717) is 17.6 Å². The summed E-state index contributed by atoms with van der Waals surface area (Å²) in [5, 5.41) is 4.49. The van der Waals surface area contributed by atoms with Crippen LogP contribution in [0.4, 0.5) is 0 Å². The molecule has 0 fully saturated rings. The number of carbonyl (C=O) groups is 1. The van der Waals surface area contributed by atoms with E-state index in [9.17, 15) is 9.59 Å². The van der Waals surface area contributed by atoms with Crippen molar-refractivity contribution in [2.24, 2.45) is 0 Å². The highest BCUT2D eigenvalue weighted by atomic mass is 16.5. The summed E-state index contributed by atoms with van der Waals surface area (Å²) in [5.41, 5.74) is 0.110. The second-order valence-electron chi connectivity index (χ2n) is 4.40. The van der Waals surface area contributed by atoms with Gasteiger partial charge in [0.2, 0.25) is 5.43 Å². The zero-order valence-electron chi connectivity index (χ0n) is 11.3. The molecule has 3 heterocycles. The SMILES string of the molecule is CCOC(=O)c1c[nH]c2c(cnn2Cc2ccco2)c1=O. The molecule has 21 heavy (non-hydrogen) atoms. The van der Waals surface area contributed by atoms with E-state index in [2.05, 4.69) is 10.1 Å². The summed E-state index contributed by atoms with van der Waals surface area (Å²) in [6.07, 6.45) is 4.35. The molecule has 0 amide bonds. The number of furan rings is 1. The lowest BCUT2D eigenvalue weighted by atomic mass is 10.2. The van der Waals surface area contributed by atoms with Crippen molar-refractivity contribution in [2.75, 3.05) is 6.61 Å². The molecule has 0 saturated carbocycles. The molecule has 0 aliphatic carbocycles. The van der Waals surface area contributed by atoms with Crippen molar-refractivity contribution >= 4 is 17.0 Å². The first-order chi connectivity index (χ1) is 10.2. The summed E-state index contributed by atoms with van der Waals surface area (Å²) < 4.78 is 11.7. The Hall–Kier alpha value is -2.83. The van der Waals surface area contributed by atoms with Crippen LogP contribution in [0, 0.1) is 0 Å². The highest BCUT2D eigenvalue weighted by Gasteiger charge is 2.16. The molecule has 3 rings (SSSR count). The van der Waals surface area contributed by atoms with Crippen LogP contribution >= 0.6 is 0 Å². The van der Waals surface area contributed by atoms with Crippen LogP contribution in [0.15, 0.2) is 40.0 Å². The van der Waals surface area contributed by atoms with E-state index < -0.39 is 11.4 Å². The molecule has 0 aliphatic heterocycles. The number of nitrogens with zero attached hydrogens (tertiary/aromatic N) is 2. The number of nitrogens with one attached hydrogen (secondary N) is 1. The van der Waals surface area contributed by atoms with Gasteiger partial charge in [-0.3, -0.25) is 4.79 Å². The number of aromatic amines is 1. The van der Waals surface area contributed by atoms with Crippen LogP contribution in [-0.2, 0) is 11.3 Å². The lowest BCUT2D eigenvalue weighted by molar-refractivity contribution is 0.0524. The van der Waals surface area contributed by atoms with Gasteiger partial charge in [0.05, 0.1) is 24.5 Å². The van der Waals surface area contributed by atoms with Crippen molar-refractivity contribution in [3.63, 3.8) is 0 Å². The normalized spacial score (nSPS) is 10.9. The molecule has 108 valence electrons. The lowest BCUT2D eigenvalue weighted by Crippen LogP contribution is -2.18. The Morgan fingerprint density at radius 3 is 3.10 bits per heavy atom. The predicted octanol–water partition coefficient (Wildman–Crippen LogP) is 1.54. The Labute approximate surface area is 119 Å². The van der Waals surface area contributed by atoms with Gasteiger partial charge in [0.25, 0.3) is 0 Å². The number of rotatable bonds is 4. The summed E-state index contributed by atoms with van der Waals surface area (Å²) >= 11 is 0. The third kappa shape index (κ3) is 2.33. The fourth-order valence-electron chi connectivity index (χ4n) is 2.09. The van der Waals surface area contributed by atoms with Crippen LogP contribution in [0.3, 0.4) is 0 Å². The highest BCUT2D eigenvalue weighted by Crippen LogP contribution is 2.11. The van der Waals surface area contributed by atoms with Crippen LogP contribution < -0.4 is 5.43 Å². The fraction of sp³-hybridized carbons (Fsp3) is 0.214. The van der Waals surface area contributed by atoms with Crippen LogP contribution in [0.1, 0.15) is 23.0 Å². The van der Waals surface area contributed by atoms with Crippen LogP contribution in [0.5, 0.6) is 0 Å². The Morgan fingerprint density at radius 1 is 1.52 bits per heavy atom. The number of H-pyrrole nitrogens is 1. The van der Waals surface area contributed by atoms with Gasteiger partial charge < -0.3 is 14.1 Å². The maximum Gasteiger partial charge on any atom is 0.343 e. The number of pyridine rings is 1. The van der Waals surface area contributed by atoms with Gasteiger partial charge in [0, 0.05) is 6.20 Å². The third-order valence-electron chi connectivity index (χ3n) is 3.06. The van der Waals surface area contributed by atoms with Gasteiger partial charge in [-0.15, -0.1) is 0 Å². The summed E-state index contributed by atoms with van der Waals surface area (Å²) in [4.78, 5) is 26.9. The van der Waals surface area contributed by atoms with Crippen molar-refractivity contribution in [3.8, 4) is 0 Å². The van der Waals surface area contributed by atoms with Crippen molar-refractivity contribution in [1.29, 1.82) is 0 Å². The Morgan fingerprint density at radius 2 is 2.38 bits per heavy atom. The van der Waals surface area contributed by atoms with Gasteiger partial charge in [0.15, 0.2) is 0 Å². The molecule has 3 aromatic heterocycles. The van der Waals surface area contributed by atoms with E-state index in [1.807, 2.05) is 6.07 Å². The smallest absolute Gasteiger partial charge is 0.343 e. The van der Waals surface area contributed by atoms with Gasteiger partial charge >= 0.3 is 5.97 Å². The molecule has 0 atom stereocenters. The molecular weight excluding hydrogens is 274 g/mol. The summed E-state index contributed by atoms with van der Waals surface area (Å²) in [7, 11) is 0. The minimum absolute atomic E-state index is 0.0260. The van der Waals surface area contributed by atoms with Gasteiger partial charge in [-0.05, 0) is 19.1 Å². The number of carbonyl (C=O) groups excluding carboxylic acids is 1. The standard InChI is InChI=1S/C14H13N3O4/c1-2-20-14(19)11-6-15-13-10(12(11)18)7-16-17(13)8-9-4-3-5-21-9/h3-7H,2,8H2,1H3,(H,15,18). The largest absolute Gasteiger partial charge is 0.467 e. The van der Waals surface area contributed by atoms with Crippen LogP contribution in [0.2, 0.25) is 0 Å². The Kier molecular flexibility index (Phi) is 3.31. The summed E-state index contributed by atoms with van der Waals surface area (Å²) in [5.74, 6) is 0.0785. The minimum atomic E-state index is -0.639. The van der Waals surface area contributed by atoms with E-state index >= 15 is 0 Å². The first-order valence-corrected chi connectivity index (χ1v) is 6.47. The van der Waals surface area contributed by atoms with E-state index in [1.54, 1.807) is 23.9 Å². The molecule has 3 aromatic rings. The molecule has 7 heteroatoms. The number of ether oxygens (including phenoxy) is 1. The van der Waals surface area contributed by atoms with E-state index in [-0.39, 0.29) is 12.2 Å².